The zero-order chi connectivity index (χ0) is 18.7. The van der Waals surface area contributed by atoms with Gasteiger partial charge in [-0.15, -0.1) is 0 Å². The van der Waals surface area contributed by atoms with Gasteiger partial charge in [-0.2, -0.15) is 0 Å². The number of hydrogen-bond acceptors (Lipinski definition) is 5. The summed E-state index contributed by atoms with van der Waals surface area (Å²) in [6.07, 6.45) is 3.49. The molecule has 1 fully saturated rings. The van der Waals surface area contributed by atoms with Gasteiger partial charge in [0.15, 0.2) is 0 Å². The van der Waals surface area contributed by atoms with Crippen LogP contribution in [0.3, 0.4) is 0 Å². The van der Waals surface area contributed by atoms with Gasteiger partial charge in [0.1, 0.15) is 12.0 Å². The van der Waals surface area contributed by atoms with Gasteiger partial charge in [-0.3, -0.25) is 15.0 Å². The highest BCUT2D eigenvalue weighted by Gasteiger charge is 2.28. The van der Waals surface area contributed by atoms with E-state index in [9.17, 15) is 10.1 Å². The van der Waals surface area contributed by atoms with Crippen molar-refractivity contribution in [1.82, 2.24) is 9.88 Å². The third-order valence-electron chi connectivity index (χ3n) is 5.39. The van der Waals surface area contributed by atoms with Crippen molar-refractivity contribution in [3.8, 4) is 0 Å². The summed E-state index contributed by atoms with van der Waals surface area (Å²) in [5.41, 5.74) is 2.08. The normalized spacial score (nSPS) is 20.7. The zero-order valence-corrected chi connectivity index (χ0v) is 15.6. The molecular formula is C20H26N4O2. The van der Waals surface area contributed by atoms with E-state index in [0.29, 0.717) is 17.6 Å². The lowest BCUT2D eigenvalue weighted by Gasteiger charge is -2.41. The molecular weight excluding hydrogens is 328 g/mol. The van der Waals surface area contributed by atoms with Gasteiger partial charge >= 0.3 is 0 Å². The average molecular weight is 354 g/mol. The maximum absolute atomic E-state index is 11.0. The van der Waals surface area contributed by atoms with Crippen molar-refractivity contribution in [2.45, 2.75) is 45.3 Å². The van der Waals surface area contributed by atoms with Crippen LogP contribution in [0.4, 0.5) is 11.5 Å². The largest absolute Gasteiger partial charge is 0.357 e. The van der Waals surface area contributed by atoms with E-state index in [1.165, 1.54) is 11.8 Å². The summed E-state index contributed by atoms with van der Waals surface area (Å²) in [7, 11) is 2.04. The van der Waals surface area contributed by atoms with Crippen molar-refractivity contribution in [3.05, 3.63) is 63.8 Å². The van der Waals surface area contributed by atoms with Crippen LogP contribution in [0.1, 0.15) is 30.9 Å². The SMILES string of the molecule is Cc1cc(N(C)C2CCN(Cc3ccccc3)C(C)C2)ncc1[N+](=O)[O-]. The lowest BCUT2D eigenvalue weighted by atomic mass is 9.96. The summed E-state index contributed by atoms with van der Waals surface area (Å²) < 4.78 is 0. The molecule has 0 saturated carbocycles. The minimum atomic E-state index is -0.379. The quantitative estimate of drug-likeness (QED) is 0.604. The molecule has 2 unspecified atom stereocenters. The maximum Gasteiger partial charge on any atom is 0.290 e. The molecule has 6 heteroatoms. The molecule has 1 aromatic heterocycles. The number of nitro groups is 1. The fraction of sp³-hybridized carbons (Fsp3) is 0.450. The maximum atomic E-state index is 11.0. The second-order valence-electron chi connectivity index (χ2n) is 7.18. The van der Waals surface area contributed by atoms with Gasteiger partial charge in [0, 0.05) is 37.8 Å². The Hall–Kier alpha value is -2.47. The Balaban J connectivity index is 1.64. The minimum absolute atomic E-state index is 0.0770. The number of benzene rings is 1. The highest BCUT2D eigenvalue weighted by Crippen LogP contribution is 2.27. The highest BCUT2D eigenvalue weighted by atomic mass is 16.6. The molecule has 26 heavy (non-hydrogen) atoms. The highest BCUT2D eigenvalue weighted by molar-refractivity contribution is 5.48. The summed E-state index contributed by atoms with van der Waals surface area (Å²) in [4.78, 5) is 19.6. The van der Waals surface area contributed by atoms with Gasteiger partial charge < -0.3 is 4.90 Å². The Bertz CT molecular complexity index is 766. The minimum Gasteiger partial charge on any atom is -0.357 e. The van der Waals surface area contributed by atoms with Gasteiger partial charge in [0.05, 0.1) is 4.92 Å². The van der Waals surface area contributed by atoms with E-state index >= 15 is 0 Å². The molecule has 1 saturated heterocycles. The molecule has 0 aliphatic carbocycles. The molecule has 2 heterocycles. The number of rotatable bonds is 5. The van der Waals surface area contributed by atoms with E-state index in [0.717, 1.165) is 31.7 Å². The monoisotopic (exact) mass is 354 g/mol. The Morgan fingerprint density at radius 2 is 2.08 bits per heavy atom. The number of nitrogens with zero attached hydrogens (tertiary/aromatic N) is 4. The molecule has 0 N–H and O–H groups in total. The lowest BCUT2D eigenvalue weighted by molar-refractivity contribution is -0.385. The van der Waals surface area contributed by atoms with Gasteiger partial charge in [0.2, 0.25) is 0 Å². The molecule has 2 atom stereocenters. The Morgan fingerprint density at radius 1 is 1.35 bits per heavy atom. The van der Waals surface area contributed by atoms with Crippen molar-refractivity contribution in [2.24, 2.45) is 0 Å². The van der Waals surface area contributed by atoms with Crippen molar-refractivity contribution < 1.29 is 4.92 Å². The first-order valence-corrected chi connectivity index (χ1v) is 9.07. The van der Waals surface area contributed by atoms with E-state index in [-0.39, 0.29) is 10.6 Å². The number of hydrogen-bond donors (Lipinski definition) is 0. The van der Waals surface area contributed by atoms with Crippen molar-refractivity contribution in [1.29, 1.82) is 0 Å². The predicted molar refractivity (Wildman–Crippen MR) is 103 cm³/mol. The second kappa shape index (κ2) is 7.83. The topological polar surface area (TPSA) is 62.5 Å². The molecule has 0 bridgehead atoms. The predicted octanol–water partition coefficient (Wildman–Crippen LogP) is 3.79. The van der Waals surface area contributed by atoms with Gasteiger partial charge in [-0.05, 0) is 38.3 Å². The number of pyridine rings is 1. The lowest BCUT2D eigenvalue weighted by Crippen LogP contribution is -2.47. The van der Waals surface area contributed by atoms with E-state index in [1.54, 1.807) is 6.92 Å². The molecule has 138 valence electrons. The van der Waals surface area contributed by atoms with Crippen molar-refractivity contribution >= 4 is 11.5 Å². The van der Waals surface area contributed by atoms with Crippen LogP contribution in [0.25, 0.3) is 0 Å². The Kier molecular flexibility index (Phi) is 5.52. The van der Waals surface area contributed by atoms with Crippen LogP contribution in [-0.2, 0) is 6.54 Å². The van der Waals surface area contributed by atoms with Gasteiger partial charge in [0.25, 0.3) is 5.69 Å². The first-order valence-electron chi connectivity index (χ1n) is 9.07. The van der Waals surface area contributed by atoms with E-state index in [1.807, 2.05) is 19.2 Å². The Labute approximate surface area is 154 Å². The number of likely N-dealkylation sites (tertiary alicyclic amines) is 1. The number of aromatic nitrogens is 1. The van der Waals surface area contributed by atoms with Crippen LogP contribution in [-0.4, -0.2) is 40.5 Å². The average Bonchev–Trinajstić information content (AvgIpc) is 2.63. The van der Waals surface area contributed by atoms with Crippen LogP contribution in [0, 0.1) is 17.0 Å². The van der Waals surface area contributed by atoms with E-state index in [4.69, 9.17) is 0 Å². The summed E-state index contributed by atoms with van der Waals surface area (Å²) in [6.45, 7) is 6.06. The second-order valence-corrected chi connectivity index (χ2v) is 7.18. The van der Waals surface area contributed by atoms with Crippen LogP contribution >= 0.6 is 0 Å². The Morgan fingerprint density at radius 3 is 2.69 bits per heavy atom. The number of anilines is 1. The van der Waals surface area contributed by atoms with Crippen LogP contribution < -0.4 is 4.90 Å². The fourth-order valence-corrected chi connectivity index (χ4v) is 3.71. The van der Waals surface area contributed by atoms with Crippen LogP contribution in [0.2, 0.25) is 0 Å². The van der Waals surface area contributed by atoms with Gasteiger partial charge in [-0.25, -0.2) is 4.98 Å². The molecule has 0 amide bonds. The number of piperidine rings is 1. The summed E-state index contributed by atoms with van der Waals surface area (Å²) in [5.74, 6) is 0.807. The van der Waals surface area contributed by atoms with E-state index in [2.05, 4.69) is 46.0 Å². The molecule has 1 aliphatic rings. The molecule has 1 aliphatic heterocycles. The molecule has 3 rings (SSSR count). The smallest absolute Gasteiger partial charge is 0.290 e. The van der Waals surface area contributed by atoms with Gasteiger partial charge in [-0.1, -0.05) is 30.3 Å². The molecule has 2 aromatic rings. The summed E-state index contributed by atoms with van der Waals surface area (Å²) in [5, 5.41) is 11.0. The zero-order valence-electron chi connectivity index (χ0n) is 15.6. The first-order chi connectivity index (χ1) is 12.5. The third kappa shape index (κ3) is 4.02. The molecule has 1 aromatic carbocycles. The van der Waals surface area contributed by atoms with Crippen molar-refractivity contribution in [2.75, 3.05) is 18.5 Å². The molecule has 0 spiro atoms. The number of aryl methyl sites for hydroxylation is 1. The fourth-order valence-electron chi connectivity index (χ4n) is 3.71. The molecule has 6 nitrogen and oxygen atoms in total. The first kappa shape index (κ1) is 18.3. The van der Waals surface area contributed by atoms with Crippen molar-refractivity contribution in [3.63, 3.8) is 0 Å². The van der Waals surface area contributed by atoms with E-state index < -0.39 is 0 Å². The van der Waals surface area contributed by atoms with Crippen LogP contribution in [0.5, 0.6) is 0 Å². The van der Waals surface area contributed by atoms with Crippen LogP contribution in [0.15, 0.2) is 42.6 Å². The third-order valence-corrected chi connectivity index (χ3v) is 5.39. The molecule has 0 radical (unpaired) electrons. The standard InChI is InChI=1S/C20H26N4O2/c1-15-11-20(21-13-19(15)24(25)26)22(3)18-9-10-23(16(2)12-18)14-17-7-5-4-6-8-17/h4-8,11,13,16,18H,9-10,12,14H2,1-3H3. The summed E-state index contributed by atoms with van der Waals surface area (Å²) >= 11 is 0. The summed E-state index contributed by atoms with van der Waals surface area (Å²) in [6, 6.07) is 13.3.